The van der Waals surface area contributed by atoms with Gasteiger partial charge in [-0.05, 0) is 55.0 Å². The lowest BCUT2D eigenvalue weighted by atomic mass is 10.2. The average Bonchev–Trinajstić information content (AvgIpc) is 3.48. The summed E-state index contributed by atoms with van der Waals surface area (Å²) in [5.41, 5.74) is 1.47. The van der Waals surface area contributed by atoms with Gasteiger partial charge in [0.25, 0.3) is 5.89 Å². The lowest BCUT2D eigenvalue weighted by Gasteiger charge is -2.13. The van der Waals surface area contributed by atoms with E-state index in [1.807, 2.05) is 45.0 Å². The van der Waals surface area contributed by atoms with Gasteiger partial charge in [-0.25, -0.2) is 8.42 Å². The van der Waals surface area contributed by atoms with Crippen molar-refractivity contribution in [2.24, 2.45) is 0 Å². The van der Waals surface area contributed by atoms with Crippen molar-refractivity contribution >= 4 is 9.84 Å². The molecule has 9 nitrogen and oxygen atoms in total. The third kappa shape index (κ3) is 5.11. The van der Waals surface area contributed by atoms with Gasteiger partial charge < -0.3 is 13.8 Å². The molecule has 0 spiro atoms. The van der Waals surface area contributed by atoms with Gasteiger partial charge in [0.2, 0.25) is 17.5 Å². The van der Waals surface area contributed by atoms with Crippen LogP contribution in [0.5, 0.6) is 5.75 Å². The second kappa shape index (κ2) is 9.14. The highest BCUT2D eigenvalue weighted by molar-refractivity contribution is 7.90. The Morgan fingerprint density at radius 3 is 1.85 bits per heavy atom. The molecule has 1 atom stereocenters. The lowest BCUT2D eigenvalue weighted by Crippen LogP contribution is -2.07. The zero-order chi connectivity index (χ0) is 23.6. The van der Waals surface area contributed by atoms with Gasteiger partial charge in [-0.15, -0.1) is 0 Å². The van der Waals surface area contributed by atoms with Gasteiger partial charge in [0, 0.05) is 23.3 Å². The van der Waals surface area contributed by atoms with Crippen molar-refractivity contribution in [3.63, 3.8) is 0 Å². The molecule has 2 aromatic carbocycles. The monoisotopic (exact) mass is 468 g/mol. The minimum Gasteiger partial charge on any atom is -0.481 e. The van der Waals surface area contributed by atoms with Crippen LogP contribution in [0.25, 0.3) is 22.8 Å². The lowest BCUT2D eigenvalue weighted by molar-refractivity contribution is 0.154. The van der Waals surface area contributed by atoms with Crippen molar-refractivity contribution in [3.8, 4) is 28.5 Å². The van der Waals surface area contributed by atoms with E-state index in [0.29, 0.717) is 41.2 Å². The molecule has 0 bridgehead atoms. The molecule has 0 N–H and O–H groups in total. The maximum absolute atomic E-state index is 11.6. The summed E-state index contributed by atoms with van der Waals surface area (Å²) in [6, 6.07) is 13.7. The van der Waals surface area contributed by atoms with E-state index in [0.717, 1.165) is 11.8 Å². The predicted molar refractivity (Wildman–Crippen MR) is 120 cm³/mol. The minimum atomic E-state index is -3.27. The van der Waals surface area contributed by atoms with Gasteiger partial charge in [-0.2, -0.15) is 9.97 Å². The van der Waals surface area contributed by atoms with Gasteiger partial charge in [0.15, 0.2) is 15.9 Å². The number of aromatic nitrogens is 4. The van der Waals surface area contributed by atoms with Gasteiger partial charge in [-0.1, -0.05) is 31.1 Å². The molecule has 0 aliphatic rings. The third-order valence-electron chi connectivity index (χ3n) is 4.96. The first-order chi connectivity index (χ1) is 15.7. The highest BCUT2D eigenvalue weighted by atomic mass is 32.2. The van der Waals surface area contributed by atoms with Crippen LogP contribution in [0.15, 0.2) is 62.5 Å². The molecule has 0 saturated heterocycles. The molecule has 172 valence electrons. The second-order valence-corrected chi connectivity index (χ2v) is 9.92. The fourth-order valence-corrected chi connectivity index (χ4v) is 3.71. The van der Waals surface area contributed by atoms with Crippen LogP contribution in [0.4, 0.5) is 0 Å². The summed E-state index contributed by atoms with van der Waals surface area (Å²) in [4.78, 5) is 9.07. The standard InChI is InChI=1S/C23H24N4O5S/c1-5-19(23-25-21(27-32-23)16-8-12-18(13-9-16)33(4,28)29)30-17-10-6-15(7-11-17)20-24-22(14(2)3)31-26-20/h6-14,19H,5H2,1-4H3. The Balaban J connectivity index is 1.47. The molecule has 0 aliphatic heterocycles. The van der Waals surface area contributed by atoms with Crippen LogP contribution in [0.2, 0.25) is 0 Å². The molecule has 1 unspecified atom stereocenters. The van der Waals surface area contributed by atoms with Crippen LogP contribution in [0, 0.1) is 0 Å². The molecule has 10 heteroatoms. The molecule has 0 saturated carbocycles. The van der Waals surface area contributed by atoms with E-state index in [-0.39, 0.29) is 10.8 Å². The van der Waals surface area contributed by atoms with Gasteiger partial charge in [0.1, 0.15) is 5.75 Å². The van der Waals surface area contributed by atoms with E-state index >= 15 is 0 Å². The van der Waals surface area contributed by atoms with Gasteiger partial charge >= 0.3 is 0 Å². The molecule has 2 aromatic heterocycles. The minimum absolute atomic E-state index is 0.163. The molecule has 4 aromatic rings. The number of rotatable bonds is 8. The number of hydrogen-bond acceptors (Lipinski definition) is 9. The Morgan fingerprint density at radius 2 is 1.36 bits per heavy atom. The molecule has 0 amide bonds. The zero-order valence-electron chi connectivity index (χ0n) is 18.7. The fraction of sp³-hybridized carbons (Fsp3) is 0.304. The third-order valence-corrected chi connectivity index (χ3v) is 6.08. The van der Waals surface area contributed by atoms with E-state index in [9.17, 15) is 8.42 Å². The summed E-state index contributed by atoms with van der Waals surface area (Å²) in [5.74, 6) is 2.62. The van der Waals surface area contributed by atoms with Crippen molar-refractivity contribution in [1.29, 1.82) is 0 Å². The number of hydrogen-bond donors (Lipinski definition) is 0. The second-order valence-electron chi connectivity index (χ2n) is 7.90. The first kappa shape index (κ1) is 22.7. The summed E-state index contributed by atoms with van der Waals surface area (Å²) in [7, 11) is -3.27. The van der Waals surface area contributed by atoms with Crippen LogP contribution >= 0.6 is 0 Å². The van der Waals surface area contributed by atoms with Gasteiger partial charge in [-0.3, -0.25) is 0 Å². The van der Waals surface area contributed by atoms with E-state index in [4.69, 9.17) is 13.8 Å². The Bertz CT molecular complexity index is 1330. The van der Waals surface area contributed by atoms with E-state index in [1.54, 1.807) is 12.1 Å². The summed E-state index contributed by atoms with van der Waals surface area (Å²) >= 11 is 0. The molecule has 0 aliphatic carbocycles. The molecule has 4 rings (SSSR count). The number of ether oxygens (including phenoxy) is 1. The smallest absolute Gasteiger partial charge is 0.268 e. The molecular weight excluding hydrogens is 444 g/mol. The maximum atomic E-state index is 11.6. The van der Waals surface area contributed by atoms with Crippen molar-refractivity contribution in [1.82, 2.24) is 20.3 Å². The van der Waals surface area contributed by atoms with E-state index in [2.05, 4.69) is 20.3 Å². The van der Waals surface area contributed by atoms with Crippen LogP contribution in [0.3, 0.4) is 0 Å². The largest absolute Gasteiger partial charge is 0.481 e. The van der Waals surface area contributed by atoms with Crippen molar-refractivity contribution < 1.29 is 22.2 Å². The molecule has 2 heterocycles. The summed E-state index contributed by atoms with van der Waals surface area (Å²) < 4.78 is 40.0. The molecule has 0 fully saturated rings. The van der Waals surface area contributed by atoms with Crippen LogP contribution in [-0.4, -0.2) is 35.0 Å². The van der Waals surface area contributed by atoms with Crippen LogP contribution in [-0.2, 0) is 9.84 Å². The Labute approximate surface area is 191 Å². The normalized spacial score (nSPS) is 12.8. The molecular formula is C23H24N4O5S. The average molecular weight is 469 g/mol. The molecule has 33 heavy (non-hydrogen) atoms. The Kier molecular flexibility index (Phi) is 6.28. The fourth-order valence-electron chi connectivity index (χ4n) is 3.08. The van der Waals surface area contributed by atoms with Crippen LogP contribution < -0.4 is 4.74 Å². The highest BCUT2D eigenvalue weighted by Gasteiger charge is 2.20. The maximum Gasteiger partial charge on any atom is 0.268 e. The SMILES string of the molecule is CCC(Oc1ccc(-c2noc(C(C)C)n2)cc1)c1nc(-c2ccc(S(C)(=O)=O)cc2)no1. The van der Waals surface area contributed by atoms with Gasteiger partial charge in [0.05, 0.1) is 4.90 Å². The number of sulfone groups is 1. The predicted octanol–water partition coefficient (Wildman–Crippen LogP) is 4.84. The van der Waals surface area contributed by atoms with Crippen molar-refractivity contribution in [2.75, 3.05) is 6.26 Å². The topological polar surface area (TPSA) is 121 Å². The molecule has 0 radical (unpaired) electrons. The highest BCUT2D eigenvalue weighted by Crippen LogP contribution is 2.28. The number of benzene rings is 2. The zero-order valence-corrected chi connectivity index (χ0v) is 19.5. The van der Waals surface area contributed by atoms with E-state index in [1.165, 1.54) is 12.1 Å². The first-order valence-electron chi connectivity index (χ1n) is 10.5. The first-order valence-corrected chi connectivity index (χ1v) is 12.4. The Hall–Kier alpha value is -3.53. The summed E-state index contributed by atoms with van der Waals surface area (Å²) in [5, 5.41) is 8.04. The quantitative estimate of drug-likeness (QED) is 0.357. The summed E-state index contributed by atoms with van der Waals surface area (Å²) in [6.07, 6.45) is 1.33. The Morgan fingerprint density at radius 1 is 0.848 bits per heavy atom. The van der Waals surface area contributed by atoms with E-state index < -0.39 is 15.9 Å². The van der Waals surface area contributed by atoms with Crippen molar-refractivity contribution in [2.45, 2.75) is 44.1 Å². The van der Waals surface area contributed by atoms with Crippen molar-refractivity contribution in [3.05, 3.63) is 60.3 Å². The van der Waals surface area contributed by atoms with Crippen LogP contribution in [0.1, 0.15) is 51.0 Å². The summed E-state index contributed by atoms with van der Waals surface area (Å²) in [6.45, 7) is 5.94. The number of nitrogens with zero attached hydrogens (tertiary/aromatic N) is 4.